The fourth-order valence-corrected chi connectivity index (χ4v) is 2.73. The predicted octanol–water partition coefficient (Wildman–Crippen LogP) is 1.98. The van der Waals surface area contributed by atoms with Crippen LogP contribution in [0.25, 0.3) is 11.1 Å². The topological polar surface area (TPSA) is 70.3 Å². The van der Waals surface area contributed by atoms with E-state index in [4.69, 9.17) is 4.42 Å². The molecule has 0 unspecified atom stereocenters. The summed E-state index contributed by atoms with van der Waals surface area (Å²) in [5.41, 5.74) is 2.62. The molecule has 4 rings (SSSR count). The molecular weight excluding hydrogens is 304 g/mol. The molecule has 7 nitrogen and oxygen atoms in total. The van der Waals surface area contributed by atoms with Crippen LogP contribution in [0.3, 0.4) is 0 Å². The molecule has 1 aliphatic heterocycles. The van der Waals surface area contributed by atoms with Crippen molar-refractivity contribution in [3.8, 4) is 0 Å². The van der Waals surface area contributed by atoms with Crippen LogP contribution in [0.4, 0.5) is 12.0 Å². The van der Waals surface area contributed by atoms with Crippen LogP contribution >= 0.6 is 0 Å². The number of benzene rings is 1. The Morgan fingerprint density at radius 3 is 2.58 bits per heavy atom. The Morgan fingerprint density at radius 2 is 1.83 bits per heavy atom. The Hall–Kier alpha value is -2.67. The van der Waals surface area contributed by atoms with Crippen LogP contribution in [-0.2, 0) is 6.54 Å². The molecular formula is C17H20N6O. The van der Waals surface area contributed by atoms with Gasteiger partial charge in [0.15, 0.2) is 5.58 Å². The van der Waals surface area contributed by atoms with Gasteiger partial charge < -0.3 is 19.5 Å². The van der Waals surface area contributed by atoms with E-state index in [1.807, 2.05) is 36.7 Å². The number of aromatic nitrogens is 3. The SMILES string of the molecule is CN1CCN(c2ncc(CNc3nc4ccccc4o3)cn2)CC1. The maximum Gasteiger partial charge on any atom is 0.295 e. The van der Waals surface area contributed by atoms with E-state index < -0.39 is 0 Å². The number of rotatable bonds is 4. The molecule has 0 spiro atoms. The van der Waals surface area contributed by atoms with Crippen LogP contribution in [0.1, 0.15) is 5.56 Å². The average Bonchev–Trinajstić information content (AvgIpc) is 3.04. The van der Waals surface area contributed by atoms with Crippen molar-refractivity contribution in [2.24, 2.45) is 0 Å². The molecule has 0 amide bonds. The van der Waals surface area contributed by atoms with E-state index in [1.54, 1.807) is 0 Å². The first-order valence-electron chi connectivity index (χ1n) is 8.12. The van der Waals surface area contributed by atoms with Crippen molar-refractivity contribution in [1.29, 1.82) is 0 Å². The van der Waals surface area contributed by atoms with Gasteiger partial charge >= 0.3 is 0 Å². The van der Waals surface area contributed by atoms with Gasteiger partial charge in [0.1, 0.15) is 5.52 Å². The Labute approximate surface area is 140 Å². The van der Waals surface area contributed by atoms with Crippen LogP contribution in [0.15, 0.2) is 41.1 Å². The lowest BCUT2D eigenvalue weighted by molar-refractivity contribution is 0.311. The summed E-state index contributed by atoms with van der Waals surface area (Å²) in [5, 5.41) is 3.18. The number of para-hydroxylation sites is 2. The lowest BCUT2D eigenvalue weighted by Gasteiger charge is -2.32. The number of fused-ring (bicyclic) bond motifs is 1. The van der Waals surface area contributed by atoms with Crippen LogP contribution in [0.2, 0.25) is 0 Å². The summed E-state index contributed by atoms with van der Waals surface area (Å²) in [5.74, 6) is 0.800. The second-order valence-electron chi connectivity index (χ2n) is 6.02. The zero-order valence-corrected chi connectivity index (χ0v) is 13.6. The van der Waals surface area contributed by atoms with E-state index in [-0.39, 0.29) is 0 Å². The third kappa shape index (κ3) is 3.16. The number of piperazine rings is 1. The van der Waals surface area contributed by atoms with Gasteiger partial charge in [-0.3, -0.25) is 0 Å². The molecule has 0 saturated carbocycles. The zero-order chi connectivity index (χ0) is 16.4. The number of nitrogens with one attached hydrogen (secondary N) is 1. The molecule has 1 aliphatic rings. The largest absolute Gasteiger partial charge is 0.424 e. The van der Waals surface area contributed by atoms with Crippen molar-refractivity contribution >= 4 is 23.1 Å². The molecule has 3 aromatic rings. The van der Waals surface area contributed by atoms with Crippen LogP contribution in [-0.4, -0.2) is 53.1 Å². The molecule has 124 valence electrons. The van der Waals surface area contributed by atoms with Gasteiger partial charge in [-0.1, -0.05) is 12.1 Å². The van der Waals surface area contributed by atoms with E-state index in [9.17, 15) is 0 Å². The predicted molar refractivity (Wildman–Crippen MR) is 93.1 cm³/mol. The highest BCUT2D eigenvalue weighted by Gasteiger charge is 2.16. The Morgan fingerprint density at radius 1 is 1.08 bits per heavy atom. The highest BCUT2D eigenvalue weighted by atomic mass is 16.4. The van der Waals surface area contributed by atoms with Gasteiger partial charge in [-0.25, -0.2) is 9.97 Å². The van der Waals surface area contributed by atoms with Crippen molar-refractivity contribution in [3.05, 3.63) is 42.2 Å². The van der Waals surface area contributed by atoms with Gasteiger partial charge in [0.25, 0.3) is 6.01 Å². The van der Waals surface area contributed by atoms with Crippen LogP contribution in [0.5, 0.6) is 0 Å². The summed E-state index contributed by atoms with van der Waals surface area (Å²) in [6.07, 6.45) is 3.71. The third-order valence-electron chi connectivity index (χ3n) is 4.22. The van der Waals surface area contributed by atoms with Crippen molar-refractivity contribution in [3.63, 3.8) is 0 Å². The summed E-state index contributed by atoms with van der Waals surface area (Å²) in [6, 6.07) is 8.22. The van der Waals surface area contributed by atoms with Crippen molar-refractivity contribution in [1.82, 2.24) is 19.9 Å². The standard InChI is InChI=1S/C17H20N6O/c1-22-6-8-23(9-7-22)16-18-10-13(11-19-16)12-20-17-21-14-4-2-3-5-15(14)24-17/h2-5,10-11H,6-9,12H2,1H3,(H,20,21). The molecule has 3 heterocycles. The first-order valence-corrected chi connectivity index (χ1v) is 8.12. The Bertz CT molecular complexity index is 774. The molecule has 0 aliphatic carbocycles. The zero-order valence-electron chi connectivity index (χ0n) is 13.6. The molecule has 1 N–H and O–H groups in total. The molecule has 24 heavy (non-hydrogen) atoms. The molecule has 0 bridgehead atoms. The maximum absolute atomic E-state index is 5.64. The summed E-state index contributed by atoms with van der Waals surface area (Å²) in [6.45, 7) is 4.61. The first-order chi connectivity index (χ1) is 11.8. The van der Waals surface area contributed by atoms with Gasteiger partial charge in [0.2, 0.25) is 5.95 Å². The minimum atomic E-state index is 0.513. The maximum atomic E-state index is 5.64. The summed E-state index contributed by atoms with van der Waals surface area (Å²) < 4.78 is 5.64. The number of hydrogen-bond acceptors (Lipinski definition) is 7. The number of anilines is 2. The van der Waals surface area contributed by atoms with Gasteiger partial charge in [-0.05, 0) is 19.2 Å². The number of hydrogen-bond donors (Lipinski definition) is 1. The first kappa shape index (κ1) is 14.9. The second kappa shape index (κ2) is 6.45. The van der Waals surface area contributed by atoms with E-state index >= 15 is 0 Å². The number of nitrogens with zero attached hydrogens (tertiary/aromatic N) is 5. The Kier molecular flexibility index (Phi) is 4.00. The minimum absolute atomic E-state index is 0.513. The fourth-order valence-electron chi connectivity index (χ4n) is 2.73. The summed E-state index contributed by atoms with van der Waals surface area (Å²) >= 11 is 0. The molecule has 1 aromatic carbocycles. The van der Waals surface area contributed by atoms with E-state index in [2.05, 4.69) is 37.1 Å². The number of likely N-dealkylation sites (N-methyl/N-ethyl adjacent to an activating group) is 1. The number of oxazole rings is 1. The van der Waals surface area contributed by atoms with E-state index in [0.29, 0.717) is 12.6 Å². The normalized spacial score (nSPS) is 15.8. The molecule has 0 atom stereocenters. The monoisotopic (exact) mass is 324 g/mol. The van der Waals surface area contributed by atoms with Gasteiger partial charge in [-0.15, -0.1) is 0 Å². The van der Waals surface area contributed by atoms with E-state index in [1.165, 1.54) is 0 Å². The lowest BCUT2D eigenvalue weighted by Crippen LogP contribution is -2.45. The van der Waals surface area contributed by atoms with Crippen molar-refractivity contribution < 1.29 is 4.42 Å². The third-order valence-corrected chi connectivity index (χ3v) is 4.22. The average molecular weight is 324 g/mol. The molecule has 1 saturated heterocycles. The highest BCUT2D eigenvalue weighted by Crippen LogP contribution is 2.18. The second-order valence-corrected chi connectivity index (χ2v) is 6.02. The van der Waals surface area contributed by atoms with Gasteiger partial charge in [-0.2, -0.15) is 4.98 Å². The van der Waals surface area contributed by atoms with Crippen molar-refractivity contribution in [2.75, 3.05) is 43.4 Å². The summed E-state index contributed by atoms with van der Waals surface area (Å²) in [7, 11) is 2.14. The molecule has 1 fully saturated rings. The smallest absolute Gasteiger partial charge is 0.295 e. The molecule has 2 aromatic heterocycles. The lowest BCUT2D eigenvalue weighted by atomic mass is 10.3. The summed E-state index contributed by atoms with van der Waals surface area (Å²) in [4.78, 5) is 17.9. The van der Waals surface area contributed by atoms with Crippen molar-refractivity contribution in [2.45, 2.75) is 6.54 Å². The van der Waals surface area contributed by atoms with Crippen LogP contribution in [0, 0.1) is 0 Å². The van der Waals surface area contributed by atoms with E-state index in [0.717, 1.165) is 48.8 Å². The van der Waals surface area contributed by atoms with Gasteiger partial charge in [0.05, 0.1) is 0 Å². The van der Waals surface area contributed by atoms with Crippen LogP contribution < -0.4 is 10.2 Å². The molecule has 7 heteroatoms. The fraction of sp³-hybridized carbons (Fsp3) is 0.353. The molecule has 0 radical (unpaired) electrons. The highest BCUT2D eigenvalue weighted by molar-refractivity contribution is 5.74. The quantitative estimate of drug-likeness (QED) is 0.787. The Balaban J connectivity index is 1.38. The van der Waals surface area contributed by atoms with Gasteiger partial charge in [0, 0.05) is 50.7 Å². The minimum Gasteiger partial charge on any atom is -0.424 e.